The molecule has 2 N–H and O–H groups in total. The van der Waals surface area contributed by atoms with Crippen LogP contribution in [0.15, 0.2) is 94.8 Å². The van der Waals surface area contributed by atoms with Crippen LogP contribution in [0.4, 0.5) is 5.95 Å². The average molecular weight is 517 g/mol. The van der Waals surface area contributed by atoms with E-state index >= 15 is 0 Å². The van der Waals surface area contributed by atoms with Crippen LogP contribution in [0.3, 0.4) is 0 Å². The number of nitrogens with one attached hydrogen (secondary N) is 1. The Bertz CT molecular complexity index is 1490. The third-order valence-corrected chi connectivity index (χ3v) is 7.87. The van der Waals surface area contributed by atoms with E-state index in [9.17, 15) is 13.5 Å². The van der Waals surface area contributed by atoms with E-state index in [4.69, 9.17) is 0 Å². The smallest absolute Gasteiger partial charge is 0.286 e. The first kappa shape index (κ1) is 24.7. The molecule has 3 aromatic carbocycles. The normalized spacial score (nSPS) is 14.4. The Morgan fingerprint density at radius 1 is 0.946 bits per heavy atom. The Kier molecular flexibility index (Phi) is 7.02. The predicted molar refractivity (Wildman–Crippen MR) is 143 cm³/mol. The van der Waals surface area contributed by atoms with Crippen molar-refractivity contribution in [3.05, 3.63) is 96.3 Å². The van der Waals surface area contributed by atoms with Crippen LogP contribution < -0.4 is 5.32 Å². The molecule has 1 aliphatic heterocycles. The lowest BCUT2D eigenvalue weighted by atomic mass is 9.97. The number of β-amino-alcohol motifs (C(OH)–C–C–N with tert-alkyl or cyclic N) is 1. The average Bonchev–Trinajstić information content (AvgIpc) is 3.57. The minimum absolute atomic E-state index is 0.0447. The second-order valence-electron chi connectivity index (χ2n) is 8.71. The van der Waals surface area contributed by atoms with E-state index in [0.29, 0.717) is 31.4 Å². The number of aliphatic hydroxyl groups is 1. The predicted octanol–water partition coefficient (Wildman–Crippen LogP) is 3.41. The van der Waals surface area contributed by atoms with Crippen molar-refractivity contribution >= 4 is 21.9 Å². The van der Waals surface area contributed by atoms with Gasteiger partial charge in [-0.3, -0.25) is 10.3 Å². The number of rotatable bonds is 8. The van der Waals surface area contributed by atoms with Crippen LogP contribution >= 0.6 is 0 Å². The quantitative estimate of drug-likeness (QED) is 0.369. The highest BCUT2D eigenvalue weighted by molar-refractivity contribution is 7.90. The molecule has 0 bridgehead atoms. The lowest BCUT2D eigenvalue weighted by molar-refractivity contribution is 0.256. The van der Waals surface area contributed by atoms with Crippen molar-refractivity contribution in [3.63, 3.8) is 0 Å². The summed E-state index contributed by atoms with van der Waals surface area (Å²) in [5, 5.41) is 16.9. The molecular formula is C27H28N6O3S. The summed E-state index contributed by atoms with van der Waals surface area (Å²) in [6.07, 6.45) is 0. The molecule has 0 saturated heterocycles. The van der Waals surface area contributed by atoms with Gasteiger partial charge in [-0.05, 0) is 28.8 Å². The Morgan fingerprint density at radius 3 is 2.27 bits per heavy atom. The van der Waals surface area contributed by atoms with Crippen LogP contribution in [0.1, 0.15) is 24.2 Å². The molecule has 1 unspecified atom stereocenters. The largest absolute Gasteiger partial charge is 0.395 e. The van der Waals surface area contributed by atoms with Gasteiger partial charge in [0.1, 0.15) is 0 Å². The number of hydrogen-bond acceptors (Lipinski definition) is 8. The van der Waals surface area contributed by atoms with Gasteiger partial charge in [0.15, 0.2) is 5.82 Å². The number of aliphatic hydroxyl groups excluding tert-OH is 1. The number of guanidine groups is 1. The summed E-state index contributed by atoms with van der Waals surface area (Å²) in [4.78, 5) is 11.0. The molecule has 1 aliphatic rings. The third-order valence-electron chi connectivity index (χ3n) is 6.29. The van der Waals surface area contributed by atoms with Gasteiger partial charge in [0.2, 0.25) is 11.9 Å². The molecule has 4 aromatic rings. The van der Waals surface area contributed by atoms with Gasteiger partial charge in [0.25, 0.3) is 10.0 Å². The molecule has 190 valence electrons. The maximum absolute atomic E-state index is 13.5. The number of aromatic nitrogens is 3. The van der Waals surface area contributed by atoms with Crippen LogP contribution in [0.2, 0.25) is 0 Å². The van der Waals surface area contributed by atoms with Crippen molar-refractivity contribution in [2.75, 3.05) is 31.6 Å². The fourth-order valence-corrected chi connectivity index (χ4v) is 5.42. The summed E-state index contributed by atoms with van der Waals surface area (Å²) in [6.45, 7) is 3.44. The lowest BCUT2D eigenvalue weighted by Gasteiger charge is -2.19. The van der Waals surface area contributed by atoms with Crippen molar-refractivity contribution in [2.24, 2.45) is 4.99 Å². The molecule has 37 heavy (non-hydrogen) atoms. The van der Waals surface area contributed by atoms with Crippen molar-refractivity contribution in [3.8, 4) is 11.1 Å². The zero-order valence-electron chi connectivity index (χ0n) is 20.4. The molecule has 9 nitrogen and oxygen atoms in total. The van der Waals surface area contributed by atoms with E-state index in [-0.39, 0.29) is 23.4 Å². The van der Waals surface area contributed by atoms with E-state index in [2.05, 4.69) is 32.5 Å². The molecule has 10 heteroatoms. The Hall–Kier alpha value is -4.02. The lowest BCUT2D eigenvalue weighted by Crippen LogP contribution is -2.36. The van der Waals surface area contributed by atoms with Gasteiger partial charge in [0.05, 0.1) is 18.0 Å². The highest BCUT2D eigenvalue weighted by Gasteiger charge is 2.28. The molecule has 2 heterocycles. The van der Waals surface area contributed by atoms with Gasteiger partial charge in [-0.1, -0.05) is 79.7 Å². The number of anilines is 1. The molecule has 1 aromatic heterocycles. The van der Waals surface area contributed by atoms with E-state index in [1.54, 1.807) is 18.2 Å². The zero-order valence-corrected chi connectivity index (χ0v) is 21.2. The van der Waals surface area contributed by atoms with Crippen molar-refractivity contribution in [1.82, 2.24) is 19.1 Å². The maximum Gasteiger partial charge on any atom is 0.286 e. The Labute approximate surface area is 216 Å². The summed E-state index contributed by atoms with van der Waals surface area (Å²) < 4.78 is 28.0. The van der Waals surface area contributed by atoms with E-state index < -0.39 is 10.0 Å². The van der Waals surface area contributed by atoms with Gasteiger partial charge < -0.3 is 10.0 Å². The highest BCUT2D eigenvalue weighted by Crippen LogP contribution is 2.28. The highest BCUT2D eigenvalue weighted by atomic mass is 32.2. The number of nitrogens with zero attached hydrogens (tertiary/aromatic N) is 5. The standard InChI is InChI=1S/C27H28N6O3S/c1-20(21-12-14-23(15-13-21)22-8-4-2-5-9-22)25-29-27(30-26-28-16-17-32(26)18-19-34)33(31-25)37(35,36)24-10-6-3-7-11-24/h2-15,20,34H,16-19H2,1H3,(H,28,29,30,31). The first-order chi connectivity index (χ1) is 18.0. The monoisotopic (exact) mass is 516 g/mol. The van der Waals surface area contributed by atoms with Gasteiger partial charge >= 0.3 is 0 Å². The summed E-state index contributed by atoms with van der Waals surface area (Å²) in [7, 11) is -4.02. The molecule has 5 rings (SSSR count). The summed E-state index contributed by atoms with van der Waals surface area (Å²) in [5.41, 5.74) is 3.17. The van der Waals surface area contributed by atoms with Gasteiger partial charge in [-0.2, -0.15) is 13.4 Å². The minimum atomic E-state index is -4.02. The van der Waals surface area contributed by atoms with Gasteiger partial charge in [0, 0.05) is 19.0 Å². The van der Waals surface area contributed by atoms with Crippen LogP contribution in [-0.2, 0) is 10.0 Å². The minimum Gasteiger partial charge on any atom is -0.395 e. The van der Waals surface area contributed by atoms with Crippen LogP contribution in [0.5, 0.6) is 0 Å². The Morgan fingerprint density at radius 2 is 1.59 bits per heavy atom. The molecule has 0 amide bonds. The van der Waals surface area contributed by atoms with E-state index in [1.807, 2.05) is 54.3 Å². The molecule has 0 saturated carbocycles. The molecule has 0 radical (unpaired) electrons. The number of hydrogen-bond donors (Lipinski definition) is 2. The molecule has 0 fully saturated rings. The molecule has 1 atom stereocenters. The Balaban J connectivity index is 1.50. The SMILES string of the molecule is CC(c1ccc(-c2ccccc2)cc1)c1nc(NC2=NCCN2CCO)n(S(=O)(=O)c2ccccc2)n1. The molecule has 0 aliphatic carbocycles. The number of benzene rings is 3. The fourth-order valence-electron chi connectivity index (χ4n) is 4.22. The van der Waals surface area contributed by atoms with Gasteiger partial charge in [-0.15, -0.1) is 9.19 Å². The summed E-state index contributed by atoms with van der Waals surface area (Å²) in [6, 6.07) is 26.3. The first-order valence-corrected chi connectivity index (χ1v) is 13.5. The number of aliphatic imine (C=N–C) groups is 1. The van der Waals surface area contributed by atoms with Crippen molar-refractivity contribution in [1.29, 1.82) is 0 Å². The zero-order chi connectivity index (χ0) is 25.8. The van der Waals surface area contributed by atoms with Crippen LogP contribution in [0.25, 0.3) is 11.1 Å². The van der Waals surface area contributed by atoms with Crippen molar-refractivity contribution in [2.45, 2.75) is 17.7 Å². The van der Waals surface area contributed by atoms with E-state index in [0.717, 1.165) is 20.8 Å². The fraction of sp³-hybridized carbons (Fsp3) is 0.222. The first-order valence-electron chi connectivity index (χ1n) is 12.1. The van der Waals surface area contributed by atoms with Crippen LogP contribution in [0, 0.1) is 0 Å². The topological polar surface area (TPSA) is 113 Å². The van der Waals surface area contributed by atoms with Crippen LogP contribution in [-0.4, -0.2) is 64.8 Å². The van der Waals surface area contributed by atoms with E-state index in [1.165, 1.54) is 12.1 Å². The maximum atomic E-state index is 13.5. The molecule has 0 spiro atoms. The third kappa shape index (κ3) is 5.11. The second kappa shape index (κ2) is 10.5. The van der Waals surface area contributed by atoms with Gasteiger partial charge in [-0.25, -0.2) is 0 Å². The molecular weight excluding hydrogens is 488 g/mol. The summed E-state index contributed by atoms with van der Waals surface area (Å²) in [5.74, 6) is 0.603. The second-order valence-corrected chi connectivity index (χ2v) is 10.5. The summed E-state index contributed by atoms with van der Waals surface area (Å²) >= 11 is 0. The van der Waals surface area contributed by atoms with Crippen molar-refractivity contribution < 1.29 is 13.5 Å².